The minimum Gasteiger partial charge on any atom is -0.460 e. The summed E-state index contributed by atoms with van der Waals surface area (Å²) >= 11 is 5.88. The van der Waals surface area contributed by atoms with Crippen LogP contribution in [0.15, 0.2) is 65.1 Å². The van der Waals surface area contributed by atoms with Crippen LogP contribution in [0.3, 0.4) is 0 Å². The molecule has 3 aromatic rings. The standard InChI is InChI=1S/C18H15ClFNO.ClH/c19-15-5-3-14(4-6-15)18-10-9-17(22-18)12-21-11-13-1-7-16(20)8-2-13;/h1-10,21H,11-12H2;1H. The molecule has 2 nitrogen and oxygen atoms in total. The Balaban J connectivity index is 0.00000192. The monoisotopic (exact) mass is 351 g/mol. The predicted octanol–water partition coefficient (Wildman–Crippen LogP) is 5.45. The van der Waals surface area contributed by atoms with Gasteiger partial charge >= 0.3 is 0 Å². The van der Waals surface area contributed by atoms with Gasteiger partial charge in [-0.3, -0.25) is 0 Å². The number of halogens is 3. The molecule has 0 aliphatic heterocycles. The fraction of sp³-hybridized carbons (Fsp3) is 0.111. The van der Waals surface area contributed by atoms with Crippen LogP contribution in [-0.2, 0) is 13.1 Å². The maximum atomic E-state index is 12.8. The number of rotatable bonds is 5. The van der Waals surface area contributed by atoms with Crippen LogP contribution in [0.4, 0.5) is 4.39 Å². The van der Waals surface area contributed by atoms with Gasteiger partial charge in [-0.05, 0) is 54.1 Å². The van der Waals surface area contributed by atoms with Crippen molar-refractivity contribution in [1.29, 1.82) is 0 Å². The third-order valence-electron chi connectivity index (χ3n) is 3.33. The molecular weight excluding hydrogens is 336 g/mol. The predicted molar refractivity (Wildman–Crippen MR) is 93.3 cm³/mol. The number of nitrogens with one attached hydrogen (secondary N) is 1. The SMILES string of the molecule is Cl.Fc1ccc(CNCc2ccc(-c3ccc(Cl)cc3)o2)cc1. The van der Waals surface area contributed by atoms with E-state index in [-0.39, 0.29) is 18.2 Å². The molecular formula is C18H16Cl2FNO. The first kappa shape index (κ1) is 17.5. The van der Waals surface area contributed by atoms with E-state index in [0.717, 1.165) is 22.6 Å². The molecule has 0 amide bonds. The van der Waals surface area contributed by atoms with Crippen molar-refractivity contribution < 1.29 is 8.81 Å². The summed E-state index contributed by atoms with van der Waals surface area (Å²) in [6, 6.07) is 17.9. The molecule has 3 rings (SSSR count). The fourth-order valence-corrected chi connectivity index (χ4v) is 2.30. The van der Waals surface area contributed by atoms with Crippen molar-refractivity contribution in [3.63, 3.8) is 0 Å². The van der Waals surface area contributed by atoms with Gasteiger partial charge in [-0.25, -0.2) is 4.39 Å². The Kier molecular flexibility index (Phi) is 6.22. The molecule has 1 aromatic heterocycles. The van der Waals surface area contributed by atoms with Gasteiger partial charge in [-0.1, -0.05) is 23.7 Å². The lowest BCUT2D eigenvalue weighted by molar-refractivity contribution is 0.493. The van der Waals surface area contributed by atoms with E-state index in [1.54, 1.807) is 12.1 Å². The summed E-state index contributed by atoms with van der Waals surface area (Å²) < 4.78 is 18.6. The largest absolute Gasteiger partial charge is 0.460 e. The van der Waals surface area contributed by atoms with E-state index in [9.17, 15) is 4.39 Å². The highest BCUT2D eigenvalue weighted by Gasteiger charge is 2.04. The Hall–Kier alpha value is -1.81. The molecule has 0 spiro atoms. The molecule has 0 saturated carbocycles. The second-order valence-electron chi connectivity index (χ2n) is 5.00. The van der Waals surface area contributed by atoms with Crippen LogP contribution >= 0.6 is 24.0 Å². The Morgan fingerprint density at radius 2 is 1.57 bits per heavy atom. The van der Waals surface area contributed by atoms with Gasteiger partial charge in [0.05, 0.1) is 6.54 Å². The van der Waals surface area contributed by atoms with Crippen LogP contribution in [-0.4, -0.2) is 0 Å². The third-order valence-corrected chi connectivity index (χ3v) is 3.58. The van der Waals surface area contributed by atoms with Crippen molar-refractivity contribution in [1.82, 2.24) is 5.32 Å². The van der Waals surface area contributed by atoms with Crippen LogP contribution in [0.2, 0.25) is 5.02 Å². The summed E-state index contributed by atoms with van der Waals surface area (Å²) in [5.74, 6) is 1.45. The summed E-state index contributed by atoms with van der Waals surface area (Å²) in [5, 5.41) is 3.98. The fourth-order valence-electron chi connectivity index (χ4n) is 2.17. The van der Waals surface area contributed by atoms with Crippen molar-refractivity contribution in [3.8, 4) is 11.3 Å². The highest BCUT2D eigenvalue weighted by Crippen LogP contribution is 2.23. The Labute approximate surface area is 145 Å². The number of furan rings is 1. The lowest BCUT2D eigenvalue weighted by atomic mass is 10.2. The van der Waals surface area contributed by atoms with Crippen molar-refractivity contribution in [3.05, 3.63) is 82.8 Å². The minimum absolute atomic E-state index is 0. The highest BCUT2D eigenvalue weighted by atomic mass is 35.5. The van der Waals surface area contributed by atoms with Gasteiger partial charge in [0.15, 0.2) is 0 Å². The zero-order valence-electron chi connectivity index (χ0n) is 12.3. The van der Waals surface area contributed by atoms with Crippen molar-refractivity contribution >= 4 is 24.0 Å². The topological polar surface area (TPSA) is 25.2 Å². The quantitative estimate of drug-likeness (QED) is 0.660. The molecule has 2 aromatic carbocycles. The lowest BCUT2D eigenvalue weighted by Gasteiger charge is -2.03. The van der Waals surface area contributed by atoms with Crippen LogP contribution in [0, 0.1) is 5.82 Å². The van der Waals surface area contributed by atoms with E-state index < -0.39 is 0 Å². The van der Waals surface area contributed by atoms with Crippen LogP contribution in [0.1, 0.15) is 11.3 Å². The van der Waals surface area contributed by atoms with Crippen molar-refractivity contribution in [2.45, 2.75) is 13.1 Å². The van der Waals surface area contributed by atoms with E-state index >= 15 is 0 Å². The minimum atomic E-state index is -0.220. The molecule has 23 heavy (non-hydrogen) atoms. The van der Waals surface area contributed by atoms with Crippen LogP contribution < -0.4 is 5.32 Å². The Bertz CT molecular complexity index is 738. The molecule has 0 unspecified atom stereocenters. The average molecular weight is 352 g/mol. The summed E-state index contributed by atoms with van der Waals surface area (Å²) in [4.78, 5) is 0. The van der Waals surface area contributed by atoms with Gasteiger partial charge < -0.3 is 9.73 Å². The highest BCUT2D eigenvalue weighted by molar-refractivity contribution is 6.30. The van der Waals surface area contributed by atoms with Gasteiger partial charge in [0.25, 0.3) is 0 Å². The summed E-state index contributed by atoms with van der Waals surface area (Å²) in [6.07, 6.45) is 0. The van der Waals surface area contributed by atoms with Gasteiger partial charge in [0.1, 0.15) is 17.3 Å². The molecule has 120 valence electrons. The molecule has 5 heteroatoms. The van der Waals surface area contributed by atoms with E-state index in [4.69, 9.17) is 16.0 Å². The molecule has 0 aliphatic rings. The van der Waals surface area contributed by atoms with Crippen LogP contribution in [0.5, 0.6) is 0 Å². The second kappa shape index (κ2) is 8.16. The molecule has 1 N–H and O–H groups in total. The van der Waals surface area contributed by atoms with Gasteiger partial charge in [-0.15, -0.1) is 12.4 Å². The number of hydrogen-bond acceptors (Lipinski definition) is 2. The van der Waals surface area contributed by atoms with E-state index in [1.165, 1.54) is 12.1 Å². The lowest BCUT2D eigenvalue weighted by Crippen LogP contribution is -2.11. The van der Waals surface area contributed by atoms with E-state index in [2.05, 4.69) is 5.32 Å². The van der Waals surface area contributed by atoms with E-state index in [0.29, 0.717) is 18.1 Å². The summed E-state index contributed by atoms with van der Waals surface area (Å²) in [6.45, 7) is 1.28. The van der Waals surface area contributed by atoms with Gasteiger partial charge in [0.2, 0.25) is 0 Å². The first-order valence-corrected chi connectivity index (χ1v) is 7.38. The molecule has 0 atom stereocenters. The number of benzene rings is 2. The molecule has 0 radical (unpaired) electrons. The second-order valence-corrected chi connectivity index (χ2v) is 5.44. The van der Waals surface area contributed by atoms with Gasteiger partial charge in [0, 0.05) is 17.1 Å². The summed E-state index contributed by atoms with van der Waals surface area (Å²) in [5.41, 5.74) is 2.03. The molecule has 0 fully saturated rings. The number of hydrogen-bond donors (Lipinski definition) is 1. The molecule has 0 bridgehead atoms. The zero-order chi connectivity index (χ0) is 15.4. The summed E-state index contributed by atoms with van der Waals surface area (Å²) in [7, 11) is 0. The molecule has 0 saturated heterocycles. The smallest absolute Gasteiger partial charge is 0.134 e. The Morgan fingerprint density at radius 1 is 0.870 bits per heavy atom. The van der Waals surface area contributed by atoms with Crippen molar-refractivity contribution in [2.24, 2.45) is 0 Å². The van der Waals surface area contributed by atoms with Crippen LogP contribution in [0.25, 0.3) is 11.3 Å². The first-order chi connectivity index (χ1) is 10.7. The zero-order valence-corrected chi connectivity index (χ0v) is 13.8. The van der Waals surface area contributed by atoms with Gasteiger partial charge in [-0.2, -0.15) is 0 Å². The molecule has 1 heterocycles. The third kappa shape index (κ3) is 4.83. The normalized spacial score (nSPS) is 10.3. The first-order valence-electron chi connectivity index (χ1n) is 7.00. The maximum Gasteiger partial charge on any atom is 0.134 e. The van der Waals surface area contributed by atoms with Crippen molar-refractivity contribution in [2.75, 3.05) is 0 Å². The molecule has 0 aliphatic carbocycles. The maximum absolute atomic E-state index is 12.8. The Morgan fingerprint density at radius 3 is 2.26 bits per heavy atom. The van der Waals surface area contributed by atoms with E-state index in [1.807, 2.05) is 36.4 Å². The average Bonchev–Trinajstić information content (AvgIpc) is 2.99.